The average molecular weight is 240 g/mol. The molecule has 0 amide bonds. The summed E-state index contributed by atoms with van der Waals surface area (Å²) in [5, 5.41) is 0.637. The summed E-state index contributed by atoms with van der Waals surface area (Å²) in [7, 11) is 1.99. The van der Waals surface area contributed by atoms with E-state index in [-0.39, 0.29) is 11.9 Å². The van der Waals surface area contributed by atoms with Crippen molar-refractivity contribution in [1.29, 1.82) is 0 Å². The number of nitrogens with zero attached hydrogens (tertiary/aromatic N) is 1. The summed E-state index contributed by atoms with van der Waals surface area (Å²) in [5.74, 6) is 0.0308. The Balaban J connectivity index is 2.09. The lowest BCUT2D eigenvalue weighted by Crippen LogP contribution is -2.44. The molecular weight excluding hydrogens is 226 g/mol. The Bertz CT molecular complexity index is 377. The highest BCUT2D eigenvalue weighted by molar-refractivity contribution is 6.30. The minimum absolute atomic E-state index is 0.0308. The number of Topliss-reactive ketones (excluding diaryl/α,β-unsaturated/α-hetero) is 1. The molecule has 0 radical (unpaired) electrons. The van der Waals surface area contributed by atoms with Gasteiger partial charge in [0.15, 0.2) is 5.78 Å². The molecule has 0 aliphatic carbocycles. The van der Waals surface area contributed by atoms with E-state index in [0.29, 0.717) is 23.7 Å². The topological polar surface area (TPSA) is 29.5 Å². The van der Waals surface area contributed by atoms with Crippen LogP contribution in [0, 0.1) is 0 Å². The molecule has 86 valence electrons. The molecule has 1 aromatic carbocycles. The summed E-state index contributed by atoms with van der Waals surface area (Å²) in [4.78, 5) is 14.2. The molecule has 16 heavy (non-hydrogen) atoms. The van der Waals surface area contributed by atoms with Gasteiger partial charge in [0.2, 0.25) is 0 Å². The SMILES string of the molecule is CN1CCO[C@@H](C(=O)c2ccc(Cl)cc2)C1. The zero-order chi connectivity index (χ0) is 11.5. The van der Waals surface area contributed by atoms with Crippen molar-refractivity contribution in [3.8, 4) is 0 Å². The largest absolute Gasteiger partial charge is 0.367 e. The van der Waals surface area contributed by atoms with E-state index in [0.717, 1.165) is 6.54 Å². The van der Waals surface area contributed by atoms with Gasteiger partial charge in [-0.2, -0.15) is 0 Å². The number of benzene rings is 1. The number of likely N-dealkylation sites (N-methyl/N-ethyl adjacent to an activating group) is 1. The number of ketones is 1. The van der Waals surface area contributed by atoms with Crippen LogP contribution in [0.5, 0.6) is 0 Å². The average Bonchev–Trinajstić information content (AvgIpc) is 2.29. The first-order valence-electron chi connectivity index (χ1n) is 5.27. The second-order valence-electron chi connectivity index (χ2n) is 3.99. The van der Waals surface area contributed by atoms with Crippen LogP contribution in [0.15, 0.2) is 24.3 Å². The van der Waals surface area contributed by atoms with Crippen molar-refractivity contribution in [3.63, 3.8) is 0 Å². The molecule has 0 N–H and O–H groups in total. The van der Waals surface area contributed by atoms with Crippen LogP contribution < -0.4 is 0 Å². The van der Waals surface area contributed by atoms with E-state index < -0.39 is 0 Å². The van der Waals surface area contributed by atoms with Crippen LogP contribution in [-0.2, 0) is 4.74 Å². The predicted molar refractivity (Wildman–Crippen MR) is 63.0 cm³/mol. The van der Waals surface area contributed by atoms with Gasteiger partial charge in [-0.25, -0.2) is 0 Å². The van der Waals surface area contributed by atoms with E-state index in [1.165, 1.54) is 0 Å². The number of carbonyl (C=O) groups is 1. The van der Waals surface area contributed by atoms with Crippen LogP contribution in [-0.4, -0.2) is 43.5 Å². The first-order valence-corrected chi connectivity index (χ1v) is 5.64. The minimum atomic E-state index is -0.347. The third-order valence-electron chi connectivity index (χ3n) is 2.69. The van der Waals surface area contributed by atoms with Gasteiger partial charge < -0.3 is 9.64 Å². The number of halogens is 1. The van der Waals surface area contributed by atoms with Crippen LogP contribution in [0.4, 0.5) is 0 Å². The molecule has 0 unspecified atom stereocenters. The fourth-order valence-corrected chi connectivity index (χ4v) is 1.86. The highest BCUT2D eigenvalue weighted by atomic mass is 35.5. The molecule has 0 aromatic heterocycles. The Morgan fingerprint density at radius 3 is 2.75 bits per heavy atom. The van der Waals surface area contributed by atoms with Crippen molar-refractivity contribution in [2.45, 2.75) is 6.10 Å². The Hall–Kier alpha value is -0.900. The van der Waals surface area contributed by atoms with E-state index in [1.54, 1.807) is 24.3 Å². The molecule has 1 saturated heterocycles. The van der Waals surface area contributed by atoms with Gasteiger partial charge in [-0.15, -0.1) is 0 Å². The molecule has 0 spiro atoms. The molecule has 1 aliphatic rings. The van der Waals surface area contributed by atoms with Gasteiger partial charge in [0, 0.05) is 23.7 Å². The minimum Gasteiger partial charge on any atom is -0.367 e. The summed E-state index contributed by atoms with van der Waals surface area (Å²) >= 11 is 5.77. The zero-order valence-corrected chi connectivity index (χ0v) is 9.91. The third-order valence-corrected chi connectivity index (χ3v) is 2.94. The van der Waals surface area contributed by atoms with E-state index in [1.807, 2.05) is 7.05 Å². The molecular formula is C12H14ClNO2. The van der Waals surface area contributed by atoms with Gasteiger partial charge >= 0.3 is 0 Å². The van der Waals surface area contributed by atoms with Gasteiger partial charge in [0.1, 0.15) is 6.10 Å². The van der Waals surface area contributed by atoms with Crippen molar-refractivity contribution < 1.29 is 9.53 Å². The fraction of sp³-hybridized carbons (Fsp3) is 0.417. The van der Waals surface area contributed by atoms with E-state index >= 15 is 0 Å². The normalized spacial score (nSPS) is 22.0. The molecule has 1 aromatic rings. The van der Waals surface area contributed by atoms with Gasteiger partial charge in [0.25, 0.3) is 0 Å². The van der Waals surface area contributed by atoms with Crippen molar-refractivity contribution in [1.82, 2.24) is 4.90 Å². The van der Waals surface area contributed by atoms with Crippen molar-refractivity contribution >= 4 is 17.4 Å². The molecule has 0 bridgehead atoms. The Kier molecular flexibility index (Phi) is 3.59. The monoisotopic (exact) mass is 239 g/mol. The van der Waals surface area contributed by atoms with Crippen molar-refractivity contribution in [2.24, 2.45) is 0 Å². The van der Waals surface area contributed by atoms with Gasteiger partial charge in [-0.1, -0.05) is 11.6 Å². The fourth-order valence-electron chi connectivity index (χ4n) is 1.74. The number of carbonyl (C=O) groups excluding carboxylic acids is 1. The van der Waals surface area contributed by atoms with Crippen molar-refractivity contribution in [2.75, 3.05) is 26.7 Å². The first-order chi connectivity index (χ1) is 7.66. The highest BCUT2D eigenvalue weighted by Gasteiger charge is 2.25. The summed E-state index contributed by atoms with van der Waals surface area (Å²) in [5.41, 5.74) is 0.657. The second-order valence-corrected chi connectivity index (χ2v) is 4.43. The van der Waals surface area contributed by atoms with Crippen LogP contribution in [0.1, 0.15) is 10.4 Å². The number of rotatable bonds is 2. The first kappa shape index (κ1) is 11.6. The van der Waals surface area contributed by atoms with Crippen molar-refractivity contribution in [3.05, 3.63) is 34.9 Å². The Labute approximate surface area is 100.0 Å². The van der Waals surface area contributed by atoms with Crippen LogP contribution in [0.3, 0.4) is 0 Å². The maximum atomic E-state index is 12.1. The Morgan fingerprint density at radius 2 is 2.12 bits per heavy atom. The number of hydrogen-bond acceptors (Lipinski definition) is 3. The second kappa shape index (κ2) is 4.95. The summed E-state index contributed by atoms with van der Waals surface area (Å²) < 4.78 is 5.47. The van der Waals surface area contributed by atoms with E-state index in [4.69, 9.17) is 16.3 Å². The maximum Gasteiger partial charge on any atom is 0.192 e. The maximum absolute atomic E-state index is 12.1. The smallest absolute Gasteiger partial charge is 0.192 e. The lowest BCUT2D eigenvalue weighted by Gasteiger charge is -2.29. The molecule has 0 saturated carbocycles. The van der Waals surface area contributed by atoms with E-state index in [2.05, 4.69) is 4.90 Å². The number of ether oxygens (including phenoxy) is 1. The van der Waals surface area contributed by atoms with E-state index in [9.17, 15) is 4.79 Å². The summed E-state index contributed by atoms with van der Waals surface area (Å²) in [6.45, 7) is 2.15. The van der Waals surface area contributed by atoms with Gasteiger partial charge in [-0.05, 0) is 31.3 Å². The quantitative estimate of drug-likeness (QED) is 0.738. The molecule has 2 rings (SSSR count). The molecule has 1 atom stereocenters. The molecule has 4 heteroatoms. The zero-order valence-electron chi connectivity index (χ0n) is 9.15. The third kappa shape index (κ3) is 2.61. The summed E-state index contributed by atoms with van der Waals surface area (Å²) in [6.07, 6.45) is -0.347. The lowest BCUT2D eigenvalue weighted by atomic mass is 10.1. The predicted octanol–water partition coefficient (Wildman–Crippen LogP) is 1.85. The lowest BCUT2D eigenvalue weighted by molar-refractivity contribution is -0.00862. The van der Waals surface area contributed by atoms with Gasteiger partial charge in [0.05, 0.1) is 6.61 Å². The number of morpholine rings is 1. The van der Waals surface area contributed by atoms with Crippen LogP contribution >= 0.6 is 11.6 Å². The standard InChI is InChI=1S/C12H14ClNO2/c1-14-6-7-16-11(8-14)12(15)9-2-4-10(13)5-3-9/h2-5,11H,6-8H2,1H3/t11-/m1/s1. The molecule has 1 heterocycles. The highest BCUT2D eigenvalue weighted by Crippen LogP contribution is 2.14. The number of hydrogen-bond donors (Lipinski definition) is 0. The Morgan fingerprint density at radius 1 is 1.44 bits per heavy atom. The summed E-state index contributed by atoms with van der Waals surface area (Å²) in [6, 6.07) is 6.92. The van der Waals surface area contributed by atoms with Crippen LogP contribution in [0.25, 0.3) is 0 Å². The molecule has 1 fully saturated rings. The molecule has 3 nitrogen and oxygen atoms in total. The van der Waals surface area contributed by atoms with Crippen LogP contribution in [0.2, 0.25) is 5.02 Å². The van der Waals surface area contributed by atoms with Gasteiger partial charge in [-0.3, -0.25) is 4.79 Å². The molecule has 1 aliphatic heterocycles.